The summed E-state index contributed by atoms with van der Waals surface area (Å²) in [6.45, 7) is 5.28. The van der Waals surface area contributed by atoms with E-state index in [9.17, 15) is 9.59 Å². The van der Waals surface area contributed by atoms with Crippen molar-refractivity contribution in [3.8, 4) is 5.75 Å². The Kier molecular flexibility index (Phi) is 5.58. The van der Waals surface area contributed by atoms with Crippen LogP contribution >= 0.6 is 0 Å². The maximum atomic E-state index is 13.7. The van der Waals surface area contributed by atoms with Gasteiger partial charge in [0.15, 0.2) is 5.43 Å². The van der Waals surface area contributed by atoms with Crippen LogP contribution in [0.2, 0.25) is 0 Å². The zero-order valence-corrected chi connectivity index (χ0v) is 18.7. The first kappa shape index (κ1) is 21.1. The van der Waals surface area contributed by atoms with Crippen LogP contribution < -0.4 is 10.2 Å². The minimum Gasteiger partial charge on any atom is -0.496 e. The molecule has 0 saturated carbocycles. The van der Waals surface area contributed by atoms with Crippen LogP contribution in [0, 0.1) is 13.8 Å². The monoisotopic (exact) mass is 420 g/mol. The predicted octanol–water partition coefficient (Wildman–Crippen LogP) is 3.92. The molecule has 0 radical (unpaired) electrons. The van der Waals surface area contributed by atoms with Crippen LogP contribution in [0.1, 0.15) is 45.3 Å². The molecule has 6 nitrogen and oxygen atoms in total. The third-order valence-electron chi connectivity index (χ3n) is 6.02. The van der Waals surface area contributed by atoms with Gasteiger partial charge in [-0.1, -0.05) is 18.2 Å². The summed E-state index contributed by atoms with van der Waals surface area (Å²) in [5, 5.41) is 0.504. The van der Waals surface area contributed by atoms with E-state index in [1.54, 1.807) is 12.0 Å². The molecule has 0 saturated heterocycles. The minimum absolute atomic E-state index is 0.140. The molecule has 0 aliphatic carbocycles. The van der Waals surface area contributed by atoms with Gasteiger partial charge in [-0.25, -0.2) is 0 Å². The van der Waals surface area contributed by atoms with Crippen LogP contribution in [-0.4, -0.2) is 50.0 Å². The molecule has 2 heterocycles. The van der Waals surface area contributed by atoms with Crippen LogP contribution in [0.4, 0.5) is 0 Å². The van der Waals surface area contributed by atoms with Crippen molar-refractivity contribution < 1.29 is 13.9 Å². The van der Waals surface area contributed by atoms with Gasteiger partial charge in [0, 0.05) is 12.1 Å². The summed E-state index contributed by atoms with van der Waals surface area (Å²) in [5.74, 6) is 0.536. The average Bonchev–Trinajstić information content (AvgIpc) is 3.01. The van der Waals surface area contributed by atoms with Gasteiger partial charge in [0.25, 0.3) is 5.91 Å². The number of para-hydroxylation sites is 1. The summed E-state index contributed by atoms with van der Waals surface area (Å²) in [4.78, 5) is 30.9. The average molecular weight is 421 g/mol. The second-order valence-corrected chi connectivity index (χ2v) is 8.41. The van der Waals surface area contributed by atoms with Crippen molar-refractivity contribution in [3.63, 3.8) is 0 Å². The Morgan fingerprint density at radius 1 is 1.10 bits per heavy atom. The molecule has 6 heteroatoms. The number of carbonyl (C=O) groups excluding carboxylic acids is 1. The molecule has 1 aliphatic heterocycles. The second kappa shape index (κ2) is 8.19. The maximum Gasteiger partial charge on any atom is 0.290 e. The molecule has 4 rings (SSSR count). The number of hydrogen-bond acceptors (Lipinski definition) is 5. The van der Waals surface area contributed by atoms with Crippen molar-refractivity contribution in [2.75, 3.05) is 34.3 Å². The van der Waals surface area contributed by atoms with E-state index in [0.717, 1.165) is 29.7 Å². The van der Waals surface area contributed by atoms with Crippen molar-refractivity contribution in [2.24, 2.45) is 0 Å². The zero-order chi connectivity index (χ0) is 22.3. The predicted molar refractivity (Wildman–Crippen MR) is 121 cm³/mol. The smallest absolute Gasteiger partial charge is 0.290 e. The Morgan fingerprint density at radius 2 is 1.81 bits per heavy atom. The summed E-state index contributed by atoms with van der Waals surface area (Å²) in [7, 11) is 5.60. The molecule has 1 atom stereocenters. The first-order chi connectivity index (χ1) is 14.8. The molecule has 1 aromatic heterocycles. The Morgan fingerprint density at radius 3 is 2.52 bits per heavy atom. The SMILES string of the molecule is COc1ccccc1[C@H]1c2c(oc3cc(C)c(C)cc3c2=O)C(=O)N1CCCN(C)C. The van der Waals surface area contributed by atoms with Gasteiger partial charge in [-0.05, 0) is 70.2 Å². The molecule has 1 amide bonds. The van der Waals surface area contributed by atoms with Crippen LogP contribution in [0.25, 0.3) is 11.0 Å². The van der Waals surface area contributed by atoms with E-state index in [1.165, 1.54) is 0 Å². The Balaban J connectivity index is 1.94. The third kappa shape index (κ3) is 3.61. The highest BCUT2D eigenvalue weighted by Gasteiger charge is 2.43. The highest BCUT2D eigenvalue weighted by molar-refractivity contribution is 5.99. The lowest BCUT2D eigenvalue weighted by Gasteiger charge is -2.26. The number of methoxy groups -OCH3 is 1. The highest BCUT2D eigenvalue weighted by atomic mass is 16.5. The number of aryl methyl sites for hydroxylation is 2. The first-order valence-corrected chi connectivity index (χ1v) is 10.5. The largest absolute Gasteiger partial charge is 0.496 e. The van der Waals surface area contributed by atoms with Gasteiger partial charge in [0.05, 0.1) is 24.1 Å². The Bertz CT molecular complexity index is 1210. The molecule has 162 valence electrons. The highest BCUT2D eigenvalue weighted by Crippen LogP contribution is 2.41. The van der Waals surface area contributed by atoms with Crippen molar-refractivity contribution in [3.05, 3.63) is 74.6 Å². The van der Waals surface area contributed by atoms with Gasteiger partial charge in [-0.2, -0.15) is 0 Å². The van der Waals surface area contributed by atoms with Crippen molar-refractivity contribution in [1.29, 1.82) is 0 Å². The van der Waals surface area contributed by atoms with E-state index in [0.29, 0.717) is 28.8 Å². The molecule has 0 unspecified atom stereocenters. The molecular formula is C25H28N2O4. The van der Waals surface area contributed by atoms with Gasteiger partial charge in [0.2, 0.25) is 5.76 Å². The zero-order valence-electron chi connectivity index (χ0n) is 18.7. The van der Waals surface area contributed by atoms with Gasteiger partial charge < -0.3 is 19.0 Å². The van der Waals surface area contributed by atoms with E-state index in [-0.39, 0.29) is 17.1 Å². The number of ether oxygens (including phenoxy) is 1. The van der Waals surface area contributed by atoms with E-state index < -0.39 is 6.04 Å². The third-order valence-corrected chi connectivity index (χ3v) is 6.02. The van der Waals surface area contributed by atoms with E-state index in [2.05, 4.69) is 4.90 Å². The van der Waals surface area contributed by atoms with Gasteiger partial charge in [0.1, 0.15) is 11.3 Å². The van der Waals surface area contributed by atoms with Crippen LogP contribution in [-0.2, 0) is 0 Å². The molecular weight excluding hydrogens is 392 g/mol. The summed E-state index contributed by atoms with van der Waals surface area (Å²) < 4.78 is 11.7. The first-order valence-electron chi connectivity index (χ1n) is 10.5. The van der Waals surface area contributed by atoms with Crippen LogP contribution in [0.3, 0.4) is 0 Å². The van der Waals surface area contributed by atoms with E-state index >= 15 is 0 Å². The fraction of sp³-hybridized carbons (Fsp3) is 0.360. The summed E-state index contributed by atoms with van der Waals surface area (Å²) in [6.07, 6.45) is 0.782. The number of amides is 1. The second-order valence-electron chi connectivity index (χ2n) is 8.41. The number of fused-ring (bicyclic) bond motifs is 2. The lowest BCUT2D eigenvalue weighted by molar-refractivity contribution is 0.0721. The molecule has 0 bridgehead atoms. The van der Waals surface area contributed by atoms with Crippen molar-refractivity contribution in [2.45, 2.75) is 26.3 Å². The summed E-state index contributed by atoms with van der Waals surface area (Å²) in [5.41, 5.74) is 3.52. The molecule has 0 spiro atoms. The lowest BCUT2D eigenvalue weighted by Crippen LogP contribution is -2.32. The van der Waals surface area contributed by atoms with Crippen molar-refractivity contribution in [1.82, 2.24) is 9.80 Å². The number of nitrogens with zero attached hydrogens (tertiary/aromatic N) is 2. The molecule has 3 aromatic rings. The quantitative estimate of drug-likeness (QED) is 0.605. The van der Waals surface area contributed by atoms with Crippen molar-refractivity contribution >= 4 is 16.9 Å². The fourth-order valence-electron chi connectivity index (χ4n) is 4.28. The molecule has 2 aromatic carbocycles. The maximum absolute atomic E-state index is 13.7. The van der Waals surface area contributed by atoms with E-state index in [1.807, 2.05) is 64.3 Å². The van der Waals surface area contributed by atoms with Gasteiger partial charge >= 0.3 is 0 Å². The lowest BCUT2D eigenvalue weighted by atomic mass is 9.96. The van der Waals surface area contributed by atoms with Gasteiger partial charge in [-0.15, -0.1) is 0 Å². The standard InChI is InChI=1S/C25H28N2O4/c1-15-13-18-20(14-16(15)2)31-24-21(23(18)28)22(17-9-6-7-10-19(17)30-5)27(25(24)29)12-8-11-26(3)4/h6-7,9-10,13-14,22H,8,11-12H2,1-5H3/t22-/m0/s1. The molecule has 31 heavy (non-hydrogen) atoms. The number of carbonyl (C=O) groups is 1. The molecule has 1 aliphatic rings. The Labute approximate surface area is 182 Å². The summed E-state index contributed by atoms with van der Waals surface area (Å²) >= 11 is 0. The molecule has 0 N–H and O–H groups in total. The number of rotatable bonds is 6. The number of benzene rings is 2. The Hall–Kier alpha value is -3.12. The summed E-state index contributed by atoms with van der Waals surface area (Å²) in [6, 6.07) is 10.7. The topological polar surface area (TPSA) is 63.0 Å². The van der Waals surface area contributed by atoms with E-state index in [4.69, 9.17) is 9.15 Å². The van der Waals surface area contributed by atoms with Crippen LogP contribution in [0.5, 0.6) is 5.75 Å². The minimum atomic E-state index is -0.539. The van der Waals surface area contributed by atoms with Crippen LogP contribution in [0.15, 0.2) is 45.6 Å². The number of hydrogen-bond donors (Lipinski definition) is 0. The molecule has 0 fully saturated rings. The normalized spacial score (nSPS) is 15.7. The fourth-order valence-corrected chi connectivity index (χ4v) is 4.28. The van der Waals surface area contributed by atoms with Gasteiger partial charge in [-0.3, -0.25) is 9.59 Å².